The molecule has 2 heterocycles. The van der Waals surface area contributed by atoms with E-state index in [9.17, 15) is 19.1 Å². The molecule has 1 fully saturated rings. The fraction of sp³-hybridized carbons (Fsp3) is 0.226. The maximum absolute atomic E-state index is 14.1. The number of benzene rings is 3. The molecule has 0 radical (unpaired) electrons. The quantitative estimate of drug-likeness (QED) is 0.0704. The fourth-order valence-corrected chi connectivity index (χ4v) is 6.33. The summed E-state index contributed by atoms with van der Waals surface area (Å²) in [7, 11) is 0. The van der Waals surface area contributed by atoms with E-state index in [1.807, 2.05) is 38.1 Å². The van der Waals surface area contributed by atoms with Crippen LogP contribution in [0.4, 0.5) is 9.52 Å². The van der Waals surface area contributed by atoms with Crippen LogP contribution < -0.4 is 9.64 Å². The van der Waals surface area contributed by atoms with Gasteiger partial charge in [0, 0.05) is 11.3 Å². The normalized spacial score (nSPS) is 16.4. The van der Waals surface area contributed by atoms with Crippen molar-refractivity contribution in [2.75, 3.05) is 11.5 Å². The second-order valence-corrected chi connectivity index (χ2v) is 11.5. The number of hydrogen-bond acceptors (Lipinski definition) is 8. The van der Waals surface area contributed by atoms with Crippen LogP contribution in [-0.2, 0) is 21.8 Å². The van der Waals surface area contributed by atoms with Gasteiger partial charge >= 0.3 is 5.91 Å². The Morgan fingerprint density at radius 3 is 2.44 bits per heavy atom. The third-order valence-electron chi connectivity index (χ3n) is 6.66. The maximum atomic E-state index is 14.1. The highest BCUT2D eigenvalue weighted by atomic mass is 32.2. The Labute approximate surface area is 245 Å². The van der Waals surface area contributed by atoms with Gasteiger partial charge in [-0.2, -0.15) is 0 Å². The van der Waals surface area contributed by atoms with Crippen molar-refractivity contribution < 1.29 is 23.8 Å². The molecule has 0 spiro atoms. The average Bonchev–Trinajstić information content (AvgIpc) is 3.57. The summed E-state index contributed by atoms with van der Waals surface area (Å²) in [6.07, 6.45) is 1.68. The average molecular weight is 590 g/mol. The first-order valence-electron chi connectivity index (χ1n) is 13.2. The van der Waals surface area contributed by atoms with Crippen molar-refractivity contribution in [2.45, 2.75) is 42.8 Å². The molecule has 3 aromatic carbocycles. The van der Waals surface area contributed by atoms with Crippen molar-refractivity contribution in [3.8, 4) is 5.75 Å². The molecule has 10 heteroatoms. The van der Waals surface area contributed by atoms with Crippen molar-refractivity contribution in [2.24, 2.45) is 0 Å². The first-order chi connectivity index (χ1) is 19.9. The molecule has 0 saturated carbocycles. The molecular weight excluding hydrogens is 561 g/mol. The van der Waals surface area contributed by atoms with Crippen LogP contribution in [0.5, 0.6) is 5.75 Å². The van der Waals surface area contributed by atoms with Gasteiger partial charge in [0.15, 0.2) is 4.34 Å². The minimum Gasteiger partial charge on any atom is -0.507 e. The lowest BCUT2D eigenvalue weighted by atomic mass is 9.94. The summed E-state index contributed by atoms with van der Waals surface area (Å²) < 4.78 is 20.2. The van der Waals surface area contributed by atoms with E-state index in [0.29, 0.717) is 39.1 Å². The third-order valence-corrected chi connectivity index (χ3v) is 8.76. The Kier molecular flexibility index (Phi) is 8.80. The minimum atomic E-state index is -0.908. The predicted molar refractivity (Wildman–Crippen MR) is 159 cm³/mol. The fourth-order valence-electron chi connectivity index (χ4n) is 4.48. The van der Waals surface area contributed by atoms with Crippen molar-refractivity contribution in [1.29, 1.82) is 0 Å². The molecule has 1 aromatic heterocycles. The van der Waals surface area contributed by atoms with Gasteiger partial charge in [-0.15, -0.1) is 10.2 Å². The van der Waals surface area contributed by atoms with Gasteiger partial charge in [0.1, 0.15) is 17.3 Å². The minimum absolute atomic E-state index is 0.0303. The third kappa shape index (κ3) is 6.03. The first kappa shape index (κ1) is 28.5. The second-order valence-electron chi connectivity index (χ2n) is 9.37. The number of aromatic nitrogens is 2. The highest BCUT2D eigenvalue weighted by molar-refractivity contribution is 8.00. The van der Waals surface area contributed by atoms with Crippen molar-refractivity contribution in [1.82, 2.24) is 10.2 Å². The number of nitrogens with zero attached hydrogens (tertiary/aromatic N) is 3. The zero-order valence-electron chi connectivity index (χ0n) is 22.5. The summed E-state index contributed by atoms with van der Waals surface area (Å²) >= 11 is 2.43. The van der Waals surface area contributed by atoms with E-state index in [2.05, 4.69) is 10.2 Å². The van der Waals surface area contributed by atoms with Crippen LogP contribution in [0, 0.1) is 5.82 Å². The number of hydrogen-bond donors (Lipinski definition) is 1. The molecule has 210 valence electrons. The van der Waals surface area contributed by atoms with Gasteiger partial charge < -0.3 is 9.84 Å². The number of ether oxygens (including phenoxy) is 1. The second kappa shape index (κ2) is 12.7. The Balaban J connectivity index is 1.51. The molecule has 7 nitrogen and oxygen atoms in total. The SMILES string of the molecule is CCCOc1ccc(/C(O)=C2/C(=O)C(=O)N(c3nnc(SCc4ccccc4F)s3)C2c2ccc(CC)cc2)cc1. The van der Waals surface area contributed by atoms with Crippen molar-refractivity contribution >= 4 is 45.7 Å². The molecule has 1 N–H and O–H groups in total. The van der Waals surface area contributed by atoms with Gasteiger partial charge in [-0.25, -0.2) is 4.39 Å². The first-order valence-corrected chi connectivity index (χ1v) is 15.0. The van der Waals surface area contributed by atoms with E-state index in [1.165, 1.54) is 22.7 Å². The summed E-state index contributed by atoms with van der Waals surface area (Å²) in [6, 6.07) is 19.9. The van der Waals surface area contributed by atoms with Crippen LogP contribution in [0.25, 0.3) is 5.76 Å². The van der Waals surface area contributed by atoms with E-state index in [-0.39, 0.29) is 22.3 Å². The van der Waals surface area contributed by atoms with Crippen LogP contribution in [-0.4, -0.2) is 33.6 Å². The molecule has 5 rings (SSSR count). The number of aryl methyl sites for hydroxylation is 1. The summed E-state index contributed by atoms with van der Waals surface area (Å²) in [4.78, 5) is 28.2. The number of carbonyl (C=O) groups excluding carboxylic acids is 2. The number of halogens is 1. The molecule has 1 aliphatic heterocycles. The van der Waals surface area contributed by atoms with E-state index >= 15 is 0 Å². The molecule has 1 saturated heterocycles. The summed E-state index contributed by atoms with van der Waals surface area (Å²) in [5.41, 5.74) is 2.63. The van der Waals surface area contributed by atoms with Crippen molar-refractivity contribution in [3.63, 3.8) is 0 Å². The molecule has 1 aliphatic rings. The highest BCUT2D eigenvalue weighted by Gasteiger charge is 2.48. The van der Waals surface area contributed by atoms with E-state index < -0.39 is 17.7 Å². The molecule has 1 atom stereocenters. The lowest BCUT2D eigenvalue weighted by Gasteiger charge is -2.22. The van der Waals surface area contributed by atoms with Gasteiger partial charge in [-0.05, 0) is 59.9 Å². The number of amides is 1. The predicted octanol–water partition coefficient (Wildman–Crippen LogP) is 6.95. The standard InChI is InChI=1S/C31H28FN3O4S2/c1-3-17-39-23-15-13-21(14-16-23)27(36)25-26(20-11-9-19(4-2)10-12-20)35(29(38)28(25)37)30-33-34-31(41-30)40-18-22-7-5-6-8-24(22)32/h5-16,26,36H,3-4,17-18H2,1-2H3/b27-25-. The Morgan fingerprint density at radius 1 is 1.02 bits per heavy atom. The van der Waals surface area contributed by atoms with Crippen molar-refractivity contribution in [3.05, 3.63) is 106 Å². The van der Waals surface area contributed by atoms with Crippen LogP contribution in [0.15, 0.2) is 82.7 Å². The van der Waals surface area contributed by atoms with Crippen LogP contribution in [0.3, 0.4) is 0 Å². The number of carbonyl (C=O) groups is 2. The molecule has 1 amide bonds. The van der Waals surface area contributed by atoms with Crippen LogP contribution in [0.2, 0.25) is 0 Å². The summed E-state index contributed by atoms with van der Waals surface area (Å²) in [5.74, 6) is -1.23. The van der Waals surface area contributed by atoms with Gasteiger partial charge in [-0.3, -0.25) is 14.5 Å². The zero-order valence-corrected chi connectivity index (χ0v) is 24.2. The summed E-state index contributed by atoms with van der Waals surface area (Å²) in [6.45, 7) is 4.61. The number of rotatable bonds is 10. The summed E-state index contributed by atoms with van der Waals surface area (Å²) in [5, 5.41) is 20.0. The van der Waals surface area contributed by atoms with Gasteiger partial charge in [0.2, 0.25) is 5.13 Å². The van der Waals surface area contributed by atoms with Crippen LogP contribution >= 0.6 is 23.1 Å². The van der Waals surface area contributed by atoms with E-state index in [1.54, 1.807) is 42.5 Å². The van der Waals surface area contributed by atoms with Crippen LogP contribution in [0.1, 0.15) is 48.6 Å². The highest BCUT2D eigenvalue weighted by Crippen LogP contribution is 2.44. The molecule has 4 aromatic rings. The lowest BCUT2D eigenvalue weighted by molar-refractivity contribution is -0.132. The Bertz CT molecular complexity index is 1590. The van der Waals surface area contributed by atoms with E-state index in [4.69, 9.17) is 4.74 Å². The van der Waals surface area contributed by atoms with Gasteiger partial charge in [0.25, 0.3) is 5.78 Å². The monoisotopic (exact) mass is 589 g/mol. The number of thioether (sulfide) groups is 1. The number of aliphatic hydroxyl groups is 1. The topological polar surface area (TPSA) is 92.6 Å². The van der Waals surface area contributed by atoms with Gasteiger partial charge in [-0.1, -0.05) is 79.4 Å². The largest absolute Gasteiger partial charge is 0.507 e. The smallest absolute Gasteiger partial charge is 0.301 e. The molecule has 41 heavy (non-hydrogen) atoms. The molecule has 1 unspecified atom stereocenters. The number of Topliss-reactive ketones (excluding diaryl/α,β-unsaturated/α-hetero) is 1. The molecule has 0 aliphatic carbocycles. The lowest BCUT2D eigenvalue weighted by Crippen LogP contribution is -2.29. The zero-order chi connectivity index (χ0) is 28.9. The Hall–Kier alpha value is -4.02. The van der Waals surface area contributed by atoms with Gasteiger partial charge in [0.05, 0.1) is 18.2 Å². The molecule has 0 bridgehead atoms. The van der Waals surface area contributed by atoms with E-state index in [0.717, 1.165) is 29.7 Å². The maximum Gasteiger partial charge on any atom is 0.301 e. The Morgan fingerprint density at radius 2 is 1.76 bits per heavy atom. The number of ketones is 1. The number of aliphatic hydroxyl groups excluding tert-OH is 1. The molecular formula is C31H28FN3O4S2. The number of anilines is 1.